The number of nitrogens with one attached hydrogen (secondary N) is 1. The third-order valence-electron chi connectivity index (χ3n) is 4.55. The van der Waals surface area contributed by atoms with Crippen LogP contribution in [0.4, 0.5) is 0 Å². The van der Waals surface area contributed by atoms with Crippen LogP contribution in [-0.4, -0.2) is 25.5 Å². The number of aliphatic carboxylic acids is 1. The average molecular weight is 309 g/mol. The van der Waals surface area contributed by atoms with Gasteiger partial charge in [0.1, 0.15) is 0 Å². The maximum atomic E-state index is 12.3. The van der Waals surface area contributed by atoms with Crippen LogP contribution in [0, 0.1) is 5.92 Å². The lowest BCUT2D eigenvalue weighted by molar-refractivity contribution is -0.140. The molecule has 2 aliphatic rings. The van der Waals surface area contributed by atoms with Crippen LogP contribution in [0.3, 0.4) is 0 Å². The Morgan fingerprint density at radius 1 is 1.29 bits per heavy atom. The van der Waals surface area contributed by atoms with E-state index in [-0.39, 0.29) is 10.9 Å². The first-order valence-corrected chi connectivity index (χ1v) is 8.70. The quantitative estimate of drug-likeness (QED) is 0.840. The monoisotopic (exact) mass is 309 g/mol. The molecular weight excluding hydrogens is 290 g/mol. The Kier molecular flexibility index (Phi) is 3.33. The van der Waals surface area contributed by atoms with Crippen molar-refractivity contribution in [3.05, 3.63) is 29.8 Å². The van der Waals surface area contributed by atoms with E-state index in [9.17, 15) is 18.3 Å². The molecule has 2 aliphatic carbocycles. The highest BCUT2D eigenvalue weighted by atomic mass is 32.2. The van der Waals surface area contributed by atoms with Gasteiger partial charge in [0.15, 0.2) is 0 Å². The smallest absolute Gasteiger partial charge is 0.314 e. The van der Waals surface area contributed by atoms with Crippen molar-refractivity contribution in [3.63, 3.8) is 0 Å². The molecule has 2 fully saturated rings. The first-order chi connectivity index (χ1) is 9.85. The first kappa shape index (κ1) is 14.5. The third-order valence-corrected chi connectivity index (χ3v) is 6.12. The highest BCUT2D eigenvalue weighted by Crippen LogP contribution is 2.48. The lowest BCUT2D eigenvalue weighted by Crippen LogP contribution is -2.34. The zero-order chi connectivity index (χ0) is 15.3. The lowest BCUT2D eigenvalue weighted by Gasteiger charge is -2.14. The summed E-state index contributed by atoms with van der Waals surface area (Å²) in [5.41, 5.74) is -0.110. The Balaban J connectivity index is 1.79. The fourth-order valence-corrected chi connectivity index (χ4v) is 4.02. The normalized spacial score (nSPS) is 21.8. The van der Waals surface area contributed by atoms with E-state index in [1.54, 1.807) is 12.1 Å². The van der Waals surface area contributed by atoms with E-state index in [4.69, 9.17) is 0 Å². The molecule has 3 rings (SSSR count). The van der Waals surface area contributed by atoms with Gasteiger partial charge in [-0.15, -0.1) is 0 Å². The molecule has 2 saturated carbocycles. The van der Waals surface area contributed by atoms with E-state index >= 15 is 0 Å². The summed E-state index contributed by atoms with van der Waals surface area (Å²) in [6.07, 6.45) is 3.38. The van der Waals surface area contributed by atoms with Gasteiger partial charge in [-0.2, -0.15) is 0 Å². The van der Waals surface area contributed by atoms with Crippen molar-refractivity contribution in [2.24, 2.45) is 5.92 Å². The second-order valence-electron chi connectivity index (χ2n) is 6.16. The summed E-state index contributed by atoms with van der Waals surface area (Å²) in [5.74, 6) is -0.389. The van der Waals surface area contributed by atoms with Gasteiger partial charge in [0.05, 0.1) is 10.3 Å². The SMILES string of the molecule is CC(NS(=O)(=O)c1ccc(C2(C(=O)O)CC2)cc1)C1CC1. The molecule has 1 unspecified atom stereocenters. The molecule has 0 saturated heterocycles. The number of carboxylic acid groups (broad SMARTS) is 1. The number of benzene rings is 1. The summed E-state index contributed by atoms with van der Waals surface area (Å²) in [4.78, 5) is 11.5. The Labute approximate surface area is 124 Å². The molecule has 1 aromatic carbocycles. The Morgan fingerprint density at radius 3 is 2.29 bits per heavy atom. The zero-order valence-corrected chi connectivity index (χ0v) is 12.7. The highest BCUT2D eigenvalue weighted by molar-refractivity contribution is 7.89. The molecule has 6 heteroatoms. The number of hydrogen-bond donors (Lipinski definition) is 2. The van der Waals surface area contributed by atoms with E-state index in [0.717, 1.165) is 12.8 Å². The summed E-state index contributed by atoms with van der Waals surface area (Å²) in [7, 11) is -3.52. The third kappa shape index (κ3) is 2.70. The lowest BCUT2D eigenvalue weighted by atomic mass is 9.96. The average Bonchev–Trinajstić information content (AvgIpc) is 3.29. The van der Waals surface area contributed by atoms with Gasteiger partial charge < -0.3 is 5.11 Å². The Bertz CT molecular complexity index is 657. The van der Waals surface area contributed by atoms with Crippen molar-refractivity contribution in [3.8, 4) is 0 Å². The van der Waals surface area contributed by atoms with Gasteiger partial charge in [0.2, 0.25) is 10.0 Å². The summed E-state index contributed by atoms with van der Waals surface area (Å²) in [6.45, 7) is 1.88. The topological polar surface area (TPSA) is 83.5 Å². The molecular formula is C15H19NO4S. The molecule has 0 bridgehead atoms. The van der Waals surface area contributed by atoms with Crippen molar-refractivity contribution >= 4 is 16.0 Å². The molecule has 2 N–H and O–H groups in total. The molecule has 5 nitrogen and oxygen atoms in total. The molecule has 114 valence electrons. The highest BCUT2D eigenvalue weighted by Gasteiger charge is 2.51. The summed E-state index contributed by atoms with van der Waals surface area (Å²) in [5, 5.41) is 9.24. The number of carboxylic acids is 1. The van der Waals surface area contributed by atoms with Crippen LogP contribution in [0.15, 0.2) is 29.2 Å². The second-order valence-corrected chi connectivity index (χ2v) is 7.87. The zero-order valence-electron chi connectivity index (χ0n) is 11.9. The van der Waals surface area contributed by atoms with Crippen LogP contribution in [0.25, 0.3) is 0 Å². The fourth-order valence-electron chi connectivity index (χ4n) is 2.71. The van der Waals surface area contributed by atoms with Crippen molar-refractivity contribution in [1.29, 1.82) is 0 Å². The number of hydrogen-bond acceptors (Lipinski definition) is 3. The summed E-state index contributed by atoms with van der Waals surface area (Å²) < 4.78 is 27.2. The van der Waals surface area contributed by atoms with Gasteiger partial charge in [0, 0.05) is 6.04 Å². The van der Waals surface area contributed by atoms with Gasteiger partial charge >= 0.3 is 5.97 Å². The molecule has 0 heterocycles. The minimum absolute atomic E-state index is 0.0523. The Morgan fingerprint density at radius 2 is 1.86 bits per heavy atom. The summed E-state index contributed by atoms with van der Waals surface area (Å²) in [6, 6.07) is 6.19. The molecule has 1 aromatic rings. The largest absolute Gasteiger partial charge is 0.481 e. The van der Waals surface area contributed by atoms with Gasteiger partial charge in [-0.25, -0.2) is 13.1 Å². The van der Waals surface area contributed by atoms with Crippen LogP contribution < -0.4 is 4.72 Å². The van der Waals surface area contributed by atoms with Crippen molar-refractivity contribution in [1.82, 2.24) is 4.72 Å². The Hall–Kier alpha value is -1.40. The predicted molar refractivity (Wildman–Crippen MR) is 77.5 cm³/mol. The van der Waals surface area contributed by atoms with Gasteiger partial charge in [-0.05, 0) is 56.2 Å². The van der Waals surface area contributed by atoms with Gasteiger partial charge in [-0.3, -0.25) is 4.79 Å². The van der Waals surface area contributed by atoms with Crippen LogP contribution in [0.5, 0.6) is 0 Å². The first-order valence-electron chi connectivity index (χ1n) is 7.21. The maximum Gasteiger partial charge on any atom is 0.314 e. The van der Waals surface area contributed by atoms with Crippen LogP contribution >= 0.6 is 0 Å². The van der Waals surface area contributed by atoms with Crippen LogP contribution in [0.1, 0.15) is 38.2 Å². The maximum absolute atomic E-state index is 12.3. The van der Waals surface area contributed by atoms with Crippen molar-refractivity contribution < 1.29 is 18.3 Å². The van der Waals surface area contributed by atoms with E-state index in [2.05, 4.69) is 4.72 Å². The van der Waals surface area contributed by atoms with E-state index in [0.29, 0.717) is 24.3 Å². The number of carbonyl (C=O) groups is 1. The molecule has 0 aliphatic heterocycles. The van der Waals surface area contributed by atoms with Crippen LogP contribution in [0.2, 0.25) is 0 Å². The summed E-state index contributed by atoms with van der Waals surface area (Å²) >= 11 is 0. The predicted octanol–water partition coefficient (Wildman–Crippen LogP) is 1.88. The van der Waals surface area contributed by atoms with E-state index in [1.807, 2.05) is 6.92 Å². The van der Waals surface area contributed by atoms with Crippen molar-refractivity contribution in [2.45, 2.75) is 49.0 Å². The molecule has 1 atom stereocenters. The molecule has 0 aromatic heterocycles. The molecule has 21 heavy (non-hydrogen) atoms. The van der Waals surface area contributed by atoms with Gasteiger partial charge in [-0.1, -0.05) is 12.1 Å². The fraction of sp³-hybridized carbons (Fsp3) is 0.533. The second kappa shape index (κ2) is 4.81. The molecule has 0 amide bonds. The van der Waals surface area contributed by atoms with E-state index < -0.39 is 21.4 Å². The van der Waals surface area contributed by atoms with Crippen LogP contribution in [-0.2, 0) is 20.2 Å². The molecule has 0 radical (unpaired) electrons. The van der Waals surface area contributed by atoms with E-state index in [1.165, 1.54) is 12.1 Å². The number of sulfonamides is 1. The van der Waals surface area contributed by atoms with Gasteiger partial charge in [0.25, 0.3) is 0 Å². The minimum atomic E-state index is -3.52. The number of rotatable bonds is 6. The van der Waals surface area contributed by atoms with Crippen molar-refractivity contribution in [2.75, 3.05) is 0 Å². The standard InChI is InChI=1S/C15H19NO4S/c1-10(11-2-3-11)16-21(19,20)13-6-4-12(5-7-13)15(8-9-15)14(17)18/h4-7,10-11,16H,2-3,8-9H2,1H3,(H,17,18). The molecule has 0 spiro atoms. The minimum Gasteiger partial charge on any atom is -0.481 e.